The summed E-state index contributed by atoms with van der Waals surface area (Å²) in [7, 11) is 1.58. The van der Waals surface area contributed by atoms with Gasteiger partial charge in [0.15, 0.2) is 0 Å². The second-order valence-corrected chi connectivity index (χ2v) is 5.10. The fraction of sp³-hybridized carbons (Fsp3) is 0.267. The first-order valence-corrected chi connectivity index (χ1v) is 6.88. The number of nitrogens with zero attached hydrogens (tertiary/aromatic N) is 2. The minimum Gasteiger partial charge on any atom is -0.497 e. The maximum Gasteiger partial charge on any atom is 0.249 e. The second kappa shape index (κ2) is 5.51. The van der Waals surface area contributed by atoms with Gasteiger partial charge in [-0.25, -0.2) is 4.68 Å². The number of hydrogen-bond acceptors (Lipinski definition) is 4. The molecule has 1 aliphatic heterocycles. The standard InChI is InChI=1S/C15H16N4O3/c1-9-7-13-17-14(20)8-12(19(13)18-9)15(21)16-10-3-5-11(22-2)6-4-10/h3-7,12H,8H2,1-2H3,(H,16,21)(H,17,20)/t12-/m1/s1. The molecule has 1 aromatic heterocycles. The first-order chi connectivity index (χ1) is 10.6. The zero-order chi connectivity index (χ0) is 15.7. The first kappa shape index (κ1) is 14.1. The SMILES string of the molecule is COc1ccc(NC(=O)[C@H]2CC(=O)Nc3cc(C)nn32)cc1. The van der Waals surface area contributed by atoms with Gasteiger partial charge in [-0.15, -0.1) is 0 Å². The van der Waals surface area contributed by atoms with E-state index >= 15 is 0 Å². The number of rotatable bonds is 3. The summed E-state index contributed by atoms with van der Waals surface area (Å²) in [5, 5.41) is 9.79. The number of aromatic nitrogens is 2. The summed E-state index contributed by atoms with van der Waals surface area (Å²) in [6.07, 6.45) is 0.0656. The fourth-order valence-electron chi connectivity index (χ4n) is 2.41. The average molecular weight is 300 g/mol. The summed E-state index contributed by atoms with van der Waals surface area (Å²) in [4.78, 5) is 24.2. The molecule has 7 heteroatoms. The summed E-state index contributed by atoms with van der Waals surface area (Å²) in [6.45, 7) is 1.82. The zero-order valence-corrected chi connectivity index (χ0v) is 12.3. The van der Waals surface area contributed by atoms with Crippen molar-refractivity contribution in [3.05, 3.63) is 36.0 Å². The molecule has 1 aliphatic rings. The van der Waals surface area contributed by atoms with Crippen molar-refractivity contribution < 1.29 is 14.3 Å². The van der Waals surface area contributed by atoms with E-state index in [1.165, 1.54) is 0 Å². The third kappa shape index (κ3) is 2.65. The fourth-order valence-corrected chi connectivity index (χ4v) is 2.41. The molecule has 3 rings (SSSR count). The van der Waals surface area contributed by atoms with Crippen LogP contribution in [0.2, 0.25) is 0 Å². The molecule has 0 unspecified atom stereocenters. The summed E-state index contributed by atoms with van der Waals surface area (Å²) in [5.74, 6) is 0.787. The van der Waals surface area contributed by atoms with Crippen molar-refractivity contribution in [2.45, 2.75) is 19.4 Å². The largest absolute Gasteiger partial charge is 0.497 e. The van der Waals surface area contributed by atoms with Crippen LogP contribution in [-0.4, -0.2) is 28.7 Å². The van der Waals surface area contributed by atoms with Crippen molar-refractivity contribution in [1.82, 2.24) is 9.78 Å². The quantitative estimate of drug-likeness (QED) is 0.904. The van der Waals surface area contributed by atoms with Crippen LogP contribution in [0.15, 0.2) is 30.3 Å². The van der Waals surface area contributed by atoms with Gasteiger partial charge >= 0.3 is 0 Å². The Labute approximate surface area is 127 Å². The number of anilines is 2. The number of hydrogen-bond donors (Lipinski definition) is 2. The molecule has 0 aliphatic carbocycles. The molecule has 2 heterocycles. The summed E-state index contributed by atoms with van der Waals surface area (Å²) >= 11 is 0. The molecular formula is C15H16N4O3. The number of amides is 2. The van der Waals surface area contributed by atoms with Gasteiger partial charge in [0.1, 0.15) is 17.6 Å². The van der Waals surface area contributed by atoms with Crippen LogP contribution in [0.3, 0.4) is 0 Å². The summed E-state index contributed by atoms with van der Waals surface area (Å²) < 4.78 is 6.63. The molecule has 114 valence electrons. The van der Waals surface area contributed by atoms with Gasteiger partial charge in [-0.05, 0) is 31.2 Å². The van der Waals surface area contributed by atoms with Crippen LogP contribution >= 0.6 is 0 Å². The Morgan fingerprint density at radius 1 is 1.41 bits per heavy atom. The molecule has 0 saturated heterocycles. The van der Waals surface area contributed by atoms with E-state index in [9.17, 15) is 9.59 Å². The minimum atomic E-state index is -0.653. The molecule has 0 fully saturated rings. The van der Waals surface area contributed by atoms with Crippen LogP contribution in [0.25, 0.3) is 0 Å². The molecule has 1 aromatic carbocycles. The van der Waals surface area contributed by atoms with E-state index in [0.29, 0.717) is 17.3 Å². The second-order valence-electron chi connectivity index (χ2n) is 5.10. The zero-order valence-electron chi connectivity index (χ0n) is 12.3. The van der Waals surface area contributed by atoms with E-state index in [2.05, 4.69) is 15.7 Å². The van der Waals surface area contributed by atoms with Gasteiger partial charge in [-0.1, -0.05) is 0 Å². The molecule has 2 aromatic rings. The lowest BCUT2D eigenvalue weighted by molar-refractivity contribution is -0.125. The average Bonchev–Trinajstić information content (AvgIpc) is 2.87. The highest BCUT2D eigenvalue weighted by atomic mass is 16.5. The lowest BCUT2D eigenvalue weighted by Gasteiger charge is -2.23. The van der Waals surface area contributed by atoms with Crippen LogP contribution in [0.5, 0.6) is 5.75 Å². The summed E-state index contributed by atoms with van der Waals surface area (Å²) in [5.41, 5.74) is 1.39. The Morgan fingerprint density at radius 3 is 2.82 bits per heavy atom. The number of nitrogens with one attached hydrogen (secondary N) is 2. The lowest BCUT2D eigenvalue weighted by Crippen LogP contribution is -2.35. The molecule has 1 atom stereocenters. The van der Waals surface area contributed by atoms with E-state index in [0.717, 1.165) is 5.69 Å². The number of benzene rings is 1. The van der Waals surface area contributed by atoms with E-state index in [1.807, 2.05) is 6.92 Å². The van der Waals surface area contributed by atoms with Crippen LogP contribution in [0.1, 0.15) is 18.2 Å². The van der Waals surface area contributed by atoms with Crippen LogP contribution in [-0.2, 0) is 9.59 Å². The first-order valence-electron chi connectivity index (χ1n) is 6.88. The third-order valence-electron chi connectivity index (χ3n) is 3.46. The maximum absolute atomic E-state index is 12.5. The van der Waals surface area contributed by atoms with Gasteiger partial charge in [0.2, 0.25) is 11.8 Å². The third-order valence-corrected chi connectivity index (χ3v) is 3.46. The van der Waals surface area contributed by atoms with Crippen molar-refractivity contribution in [2.75, 3.05) is 17.7 Å². The molecule has 0 radical (unpaired) electrons. The number of aryl methyl sites for hydroxylation is 1. The molecule has 2 amide bonds. The van der Waals surface area contributed by atoms with E-state index < -0.39 is 6.04 Å². The highest BCUT2D eigenvalue weighted by Crippen LogP contribution is 2.26. The topological polar surface area (TPSA) is 85.2 Å². The number of fused-ring (bicyclic) bond motifs is 1. The predicted molar refractivity (Wildman–Crippen MR) is 80.9 cm³/mol. The van der Waals surface area contributed by atoms with Gasteiger partial charge < -0.3 is 15.4 Å². The monoisotopic (exact) mass is 300 g/mol. The predicted octanol–water partition coefficient (Wildman–Crippen LogP) is 1.72. The van der Waals surface area contributed by atoms with Gasteiger partial charge in [0.25, 0.3) is 0 Å². The van der Waals surface area contributed by atoms with Gasteiger partial charge in [0.05, 0.1) is 19.2 Å². The molecule has 0 spiro atoms. The number of carbonyl (C=O) groups is 2. The Bertz CT molecular complexity index is 721. The molecule has 2 N–H and O–H groups in total. The van der Waals surface area contributed by atoms with E-state index in [4.69, 9.17) is 4.74 Å². The normalized spacial score (nSPS) is 16.6. The van der Waals surface area contributed by atoms with Crippen molar-refractivity contribution in [3.8, 4) is 5.75 Å². The van der Waals surface area contributed by atoms with Crippen LogP contribution in [0, 0.1) is 6.92 Å². The number of carbonyl (C=O) groups excluding carboxylic acids is 2. The maximum atomic E-state index is 12.5. The molecular weight excluding hydrogens is 284 g/mol. The molecule has 22 heavy (non-hydrogen) atoms. The molecule has 0 saturated carbocycles. The Balaban J connectivity index is 1.80. The Hall–Kier alpha value is -2.83. The van der Waals surface area contributed by atoms with Crippen molar-refractivity contribution in [2.24, 2.45) is 0 Å². The van der Waals surface area contributed by atoms with Gasteiger partial charge in [0, 0.05) is 11.8 Å². The molecule has 7 nitrogen and oxygen atoms in total. The number of methoxy groups -OCH3 is 1. The van der Waals surface area contributed by atoms with Crippen LogP contribution < -0.4 is 15.4 Å². The van der Waals surface area contributed by atoms with Gasteiger partial charge in [-0.2, -0.15) is 5.10 Å². The number of ether oxygens (including phenoxy) is 1. The van der Waals surface area contributed by atoms with Crippen LogP contribution in [0.4, 0.5) is 11.5 Å². The Kier molecular flexibility index (Phi) is 3.54. The Morgan fingerprint density at radius 2 is 2.14 bits per heavy atom. The van der Waals surface area contributed by atoms with Crippen molar-refractivity contribution >= 4 is 23.3 Å². The van der Waals surface area contributed by atoms with E-state index in [-0.39, 0.29) is 18.2 Å². The van der Waals surface area contributed by atoms with Gasteiger partial charge in [-0.3, -0.25) is 9.59 Å². The van der Waals surface area contributed by atoms with Crippen molar-refractivity contribution in [1.29, 1.82) is 0 Å². The lowest BCUT2D eigenvalue weighted by atomic mass is 10.1. The van der Waals surface area contributed by atoms with E-state index in [1.54, 1.807) is 42.1 Å². The summed E-state index contributed by atoms with van der Waals surface area (Å²) in [6, 6.07) is 8.09. The van der Waals surface area contributed by atoms with Crippen molar-refractivity contribution in [3.63, 3.8) is 0 Å². The molecule has 0 bridgehead atoms. The smallest absolute Gasteiger partial charge is 0.249 e. The highest BCUT2D eigenvalue weighted by molar-refractivity contribution is 6.01. The highest BCUT2D eigenvalue weighted by Gasteiger charge is 2.31. The minimum absolute atomic E-state index is 0.0656.